The monoisotopic (exact) mass is 354 g/mol. The number of aromatic nitrogens is 2. The molecule has 26 heavy (non-hydrogen) atoms. The lowest BCUT2D eigenvalue weighted by Gasteiger charge is -2.32. The summed E-state index contributed by atoms with van der Waals surface area (Å²) in [6.45, 7) is 7.54. The van der Waals surface area contributed by atoms with Crippen molar-refractivity contribution >= 4 is 5.91 Å². The Hall–Kier alpha value is -2.14. The van der Waals surface area contributed by atoms with E-state index in [1.165, 1.54) is 5.56 Å². The van der Waals surface area contributed by atoms with Gasteiger partial charge in [-0.2, -0.15) is 5.10 Å². The third-order valence-electron chi connectivity index (χ3n) is 5.31. The van der Waals surface area contributed by atoms with Gasteiger partial charge in [0, 0.05) is 38.4 Å². The van der Waals surface area contributed by atoms with Crippen molar-refractivity contribution in [1.29, 1.82) is 0 Å². The third kappa shape index (κ3) is 5.43. The van der Waals surface area contributed by atoms with E-state index in [2.05, 4.69) is 47.3 Å². The Kier molecular flexibility index (Phi) is 6.83. The van der Waals surface area contributed by atoms with Crippen molar-refractivity contribution in [2.24, 2.45) is 5.92 Å². The first kappa shape index (κ1) is 18.6. The normalized spacial score (nSPS) is 15.9. The highest BCUT2D eigenvalue weighted by Crippen LogP contribution is 2.22. The van der Waals surface area contributed by atoms with Crippen molar-refractivity contribution in [1.82, 2.24) is 19.6 Å². The molecule has 1 amide bonds. The minimum atomic E-state index is 0.293. The number of likely N-dealkylation sites (N-methyl/N-ethyl adjacent to an activating group) is 1. The van der Waals surface area contributed by atoms with Gasteiger partial charge in [-0.25, -0.2) is 0 Å². The van der Waals surface area contributed by atoms with E-state index in [1.807, 2.05) is 21.8 Å². The Labute approximate surface area is 156 Å². The fourth-order valence-electron chi connectivity index (χ4n) is 3.68. The second-order valence-corrected chi connectivity index (χ2v) is 7.15. The summed E-state index contributed by atoms with van der Waals surface area (Å²) in [7, 11) is 0. The molecule has 0 N–H and O–H groups in total. The molecule has 0 unspecified atom stereocenters. The molecule has 0 saturated carbocycles. The van der Waals surface area contributed by atoms with E-state index in [0.717, 1.165) is 52.1 Å². The predicted octanol–water partition coefficient (Wildman–Crippen LogP) is 3.03. The summed E-state index contributed by atoms with van der Waals surface area (Å²) in [6, 6.07) is 12.6. The van der Waals surface area contributed by atoms with Crippen molar-refractivity contribution in [3.63, 3.8) is 0 Å². The molecule has 1 aromatic heterocycles. The Morgan fingerprint density at radius 2 is 1.96 bits per heavy atom. The van der Waals surface area contributed by atoms with Crippen LogP contribution in [0.15, 0.2) is 48.8 Å². The molecule has 2 aromatic rings. The van der Waals surface area contributed by atoms with Crippen molar-refractivity contribution in [2.45, 2.75) is 39.3 Å². The molecule has 0 radical (unpaired) electrons. The largest absolute Gasteiger partial charge is 0.341 e. The molecule has 1 saturated heterocycles. The molecule has 5 heteroatoms. The maximum Gasteiger partial charge on any atom is 0.222 e. The SMILES string of the molecule is CCN(CCn1cccn1)C(=O)CC1CCN(Cc2ccccc2)CC1. The molecular weight excluding hydrogens is 324 g/mol. The number of piperidine rings is 1. The van der Waals surface area contributed by atoms with E-state index in [4.69, 9.17) is 0 Å². The summed E-state index contributed by atoms with van der Waals surface area (Å²) < 4.78 is 1.89. The number of nitrogens with zero attached hydrogens (tertiary/aromatic N) is 4. The van der Waals surface area contributed by atoms with Crippen LogP contribution in [0.25, 0.3) is 0 Å². The van der Waals surface area contributed by atoms with Crippen LogP contribution in [-0.4, -0.2) is 51.7 Å². The second kappa shape index (κ2) is 9.53. The van der Waals surface area contributed by atoms with Gasteiger partial charge in [-0.1, -0.05) is 30.3 Å². The van der Waals surface area contributed by atoms with Crippen LogP contribution < -0.4 is 0 Å². The van der Waals surface area contributed by atoms with E-state index in [1.54, 1.807) is 6.20 Å². The molecule has 0 spiro atoms. The van der Waals surface area contributed by atoms with Crippen LogP contribution in [0.5, 0.6) is 0 Å². The van der Waals surface area contributed by atoms with Gasteiger partial charge in [0.2, 0.25) is 5.91 Å². The highest BCUT2D eigenvalue weighted by molar-refractivity contribution is 5.76. The molecule has 0 aliphatic carbocycles. The Bertz CT molecular complexity index is 648. The topological polar surface area (TPSA) is 41.4 Å². The van der Waals surface area contributed by atoms with Crippen LogP contribution in [-0.2, 0) is 17.9 Å². The van der Waals surface area contributed by atoms with Crippen molar-refractivity contribution in [3.8, 4) is 0 Å². The molecule has 1 aromatic carbocycles. The van der Waals surface area contributed by atoms with Gasteiger partial charge in [0.05, 0.1) is 6.54 Å². The Morgan fingerprint density at radius 3 is 2.62 bits per heavy atom. The lowest BCUT2D eigenvalue weighted by molar-refractivity contribution is -0.132. The fourth-order valence-corrected chi connectivity index (χ4v) is 3.68. The molecule has 5 nitrogen and oxygen atoms in total. The van der Waals surface area contributed by atoms with Gasteiger partial charge in [-0.05, 0) is 50.4 Å². The lowest BCUT2D eigenvalue weighted by Crippen LogP contribution is -2.38. The minimum absolute atomic E-state index is 0.293. The van der Waals surface area contributed by atoms with Crippen molar-refractivity contribution in [2.75, 3.05) is 26.2 Å². The van der Waals surface area contributed by atoms with E-state index < -0.39 is 0 Å². The zero-order valence-electron chi connectivity index (χ0n) is 15.8. The van der Waals surface area contributed by atoms with Crippen LogP contribution in [0, 0.1) is 5.92 Å². The van der Waals surface area contributed by atoms with Crippen LogP contribution in [0.4, 0.5) is 0 Å². The van der Waals surface area contributed by atoms with Crippen molar-refractivity contribution in [3.05, 3.63) is 54.4 Å². The number of hydrogen-bond donors (Lipinski definition) is 0. The molecule has 1 fully saturated rings. The zero-order valence-corrected chi connectivity index (χ0v) is 15.8. The maximum atomic E-state index is 12.7. The number of rotatable bonds is 8. The summed E-state index contributed by atoms with van der Waals surface area (Å²) in [5.41, 5.74) is 1.37. The van der Waals surface area contributed by atoms with E-state index in [0.29, 0.717) is 18.2 Å². The van der Waals surface area contributed by atoms with E-state index >= 15 is 0 Å². The highest BCUT2D eigenvalue weighted by Gasteiger charge is 2.23. The molecule has 3 rings (SSSR count). The van der Waals surface area contributed by atoms with Gasteiger partial charge in [0.25, 0.3) is 0 Å². The molecule has 1 aliphatic rings. The highest BCUT2D eigenvalue weighted by atomic mass is 16.2. The number of benzene rings is 1. The minimum Gasteiger partial charge on any atom is -0.341 e. The second-order valence-electron chi connectivity index (χ2n) is 7.15. The van der Waals surface area contributed by atoms with Gasteiger partial charge >= 0.3 is 0 Å². The summed E-state index contributed by atoms with van der Waals surface area (Å²) >= 11 is 0. The summed E-state index contributed by atoms with van der Waals surface area (Å²) in [6.07, 6.45) is 6.65. The quantitative estimate of drug-likeness (QED) is 0.732. The smallest absolute Gasteiger partial charge is 0.222 e. The summed E-state index contributed by atoms with van der Waals surface area (Å²) in [5.74, 6) is 0.814. The standard InChI is InChI=1S/C21H30N4O/c1-2-24(15-16-25-12-6-11-22-25)21(26)17-19-9-13-23(14-10-19)18-20-7-4-3-5-8-20/h3-8,11-12,19H,2,9-10,13-18H2,1H3. The number of carbonyl (C=O) groups excluding carboxylic acids is 1. The first-order chi connectivity index (χ1) is 12.7. The predicted molar refractivity (Wildman–Crippen MR) is 104 cm³/mol. The molecule has 140 valence electrons. The molecule has 0 bridgehead atoms. The number of likely N-dealkylation sites (tertiary alicyclic amines) is 1. The van der Waals surface area contributed by atoms with E-state index in [9.17, 15) is 4.79 Å². The molecule has 2 heterocycles. The molecule has 0 atom stereocenters. The van der Waals surface area contributed by atoms with Gasteiger partial charge in [-0.15, -0.1) is 0 Å². The lowest BCUT2D eigenvalue weighted by atomic mass is 9.92. The zero-order chi connectivity index (χ0) is 18.2. The maximum absolute atomic E-state index is 12.7. The van der Waals surface area contributed by atoms with Gasteiger partial charge < -0.3 is 4.90 Å². The fraction of sp³-hybridized carbons (Fsp3) is 0.524. The van der Waals surface area contributed by atoms with Crippen LogP contribution in [0.2, 0.25) is 0 Å². The number of amides is 1. The molecule has 1 aliphatic heterocycles. The van der Waals surface area contributed by atoms with Crippen LogP contribution in [0.3, 0.4) is 0 Å². The summed E-state index contributed by atoms with van der Waals surface area (Å²) in [5, 5.41) is 4.21. The Morgan fingerprint density at radius 1 is 1.19 bits per heavy atom. The number of carbonyl (C=O) groups is 1. The van der Waals surface area contributed by atoms with Gasteiger partial charge in [0.15, 0.2) is 0 Å². The average Bonchev–Trinajstić information content (AvgIpc) is 3.18. The third-order valence-corrected chi connectivity index (χ3v) is 5.31. The van der Waals surface area contributed by atoms with Crippen molar-refractivity contribution < 1.29 is 4.79 Å². The van der Waals surface area contributed by atoms with Crippen LogP contribution >= 0.6 is 0 Å². The molecular formula is C21H30N4O. The van der Waals surface area contributed by atoms with Crippen LogP contribution in [0.1, 0.15) is 31.7 Å². The number of hydrogen-bond acceptors (Lipinski definition) is 3. The average molecular weight is 354 g/mol. The van der Waals surface area contributed by atoms with E-state index in [-0.39, 0.29) is 0 Å². The summed E-state index contributed by atoms with van der Waals surface area (Å²) in [4.78, 5) is 17.1. The first-order valence-corrected chi connectivity index (χ1v) is 9.76. The Balaban J connectivity index is 1.40. The first-order valence-electron chi connectivity index (χ1n) is 9.76. The van der Waals surface area contributed by atoms with Gasteiger partial charge in [-0.3, -0.25) is 14.4 Å². The van der Waals surface area contributed by atoms with Gasteiger partial charge in [0.1, 0.15) is 0 Å².